The highest BCUT2D eigenvalue weighted by Gasteiger charge is 2.33. The summed E-state index contributed by atoms with van der Waals surface area (Å²) in [7, 11) is -2.72. The summed E-state index contributed by atoms with van der Waals surface area (Å²) in [6.45, 7) is 0. The van der Waals surface area contributed by atoms with Crippen LogP contribution < -0.4 is 0 Å². The fourth-order valence-corrected chi connectivity index (χ4v) is 3.93. The fraction of sp³-hybridized carbons (Fsp3) is 0.0769. The van der Waals surface area contributed by atoms with Crippen molar-refractivity contribution in [2.75, 3.05) is 0 Å². The smallest absolute Gasteiger partial charge is 0.360 e. The van der Waals surface area contributed by atoms with Gasteiger partial charge in [-0.1, -0.05) is 18.2 Å². The van der Waals surface area contributed by atoms with E-state index in [0.717, 1.165) is 10.0 Å². The Morgan fingerprint density at radius 1 is 1.00 bits per heavy atom. The number of aromatic nitrogens is 2. The minimum absolute atomic E-state index is 0.0263. The Balaban J connectivity index is 1.26. The van der Waals surface area contributed by atoms with E-state index < -0.39 is 25.2 Å². The van der Waals surface area contributed by atoms with Crippen LogP contribution in [0.2, 0.25) is 0 Å². The van der Waals surface area contributed by atoms with E-state index in [1.165, 1.54) is 12.1 Å². The average Bonchev–Trinajstić information content (AvgIpc) is 3.69. The Kier molecular flexibility index (Phi) is 6.50. The molecule has 0 atom stereocenters. The predicted octanol–water partition coefficient (Wildman–Crippen LogP) is 4.54. The third kappa shape index (κ3) is 5.11. The summed E-state index contributed by atoms with van der Waals surface area (Å²) in [4.78, 5) is 47.7. The molecular formula is C26H19BF2N4O4. The van der Waals surface area contributed by atoms with Crippen molar-refractivity contribution < 1.29 is 27.9 Å². The maximum atomic E-state index is 13.8. The zero-order valence-electron chi connectivity index (χ0n) is 19.3. The molecule has 1 fully saturated rings. The highest BCUT2D eigenvalue weighted by Crippen LogP contribution is 2.25. The minimum Gasteiger partial charge on any atom is -0.360 e. The molecule has 2 aliphatic heterocycles. The number of rotatable bonds is 7. The van der Waals surface area contributed by atoms with E-state index in [1.54, 1.807) is 73.0 Å². The molecule has 37 heavy (non-hydrogen) atoms. The van der Waals surface area contributed by atoms with Gasteiger partial charge in [0.15, 0.2) is 0 Å². The van der Waals surface area contributed by atoms with E-state index in [2.05, 4.69) is 9.98 Å². The lowest BCUT2D eigenvalue weighted by Gasteiger charge is -2.12. The third-order valence-corrected chi connectivity index (χ3v) is 5.77. The number of hydroxylamine groups is 2. The standard InChI is InChI=1S/C26H19BF2N4O4/c28-27(29)32-21(11-12-23(32)22-2-1-15-30-22)16-20-10-9-19(31-20)8-5-17-3-6-18(7-4-17)26(36)37-33-24(34)13-14-25(33)35/h1-12,15-16,30H,13-14H2/b8-5+,20-16-. The number of H-pyrrole nitrogens is 1. The highest BCUT2D eigenvalue weighted by atomic mass is 19.2. The zero-order chi connectivity index (χ0) is 25.9. The van der Waals surface area contributed by atoms with E-state index >= 15 is 0 Å². The Morgan fingerprint density at radius 2 is 1.76 bits per heavy atom. The number of benzene rings is 1. The van der Waals surface area contributed by atoms with Gasteiger partial charge in [-0.05, 0) is 66.3 Å². The molecule has 3 aromatic rings. The summed E-state index contributed by atoms with van der Waals surface area (Å²) < 4.78 is 28.5. The molecule has 184 valence electrons. The molecule has 1 aromatic carbocycles. The van der Waals surface area contributed by atoms with Crippen LogP contribution in [0.4, 0.5) is 8.63 Å². The molecule has 0 unspecified atom stereocenters. The van der Waals surface area contributed by atoms with Gasteiger partial charge in [0.05, 0.1) is 28.4 Å². The summed E-state index contributed by atoms with van der Waals surface area (Å²) in [5, 5.41) is 0.505. The Hall–Kier alpha value is -4.80. The molecule has 0 bridgehead atoms. The van der Waals surface area contributed by atoms with Crippen molar-refractivity contribution in [3.05, 3.63) is 95.5 Å². The summed E-state index contributed by atoms with van der Waals surface area (Å²) in [6, 6.07) is 13.1. The molecule has 1 N–H and O–H groups in total. The SMILES string of the molecule is O=C(ON1C(=O)CCC1=O)c1ccc(/C=C/C2=NC(=C\c3ccc(-c4ccc[nH]4)n3B(F)F)/C=C2)cc1. The zero-order valence-corrected chi connectivity index (χ0v) is 19.3. The lowest BCUT2D eigenvalue weighted by Crippen LogP contribution is -2.32. The van der Waals surface area contributed by atoms with Crippen LogP contribution in [0.5, 0.6) is 0 Å². The molecule has 11 heteroatoms. The first-order chi connectivity index (χ1) is 17.9. The molecule has 4 heterocycles. The molecule has 0 saturated carbocycles. The van der Waals surface area contributed by atoms with Crippen LogP contribution in [-0.4, -0.2) is 45.4 Å². The van der Waals surface area contributed by atoms with Gasteiger partial charge >= 0.3 is 13.4 Å². The normalized spacial score (nSPS) is 16.3. The van der Waals surface area contributed by atoms with Gasteiger partial charge in [0.25, 0.3) is 11.8 Å². The molecule has 0 radical (unpaired) electrons. The number of amides is 2. The Morgan fingerprint density at radius 3 is 2.43 bits per heavy atom. The first kappa shape index (κ1) is 23.9. The maximum absolute atomic E-state index is 13.8. The molecule has 1 saturated heterocycles. The molecule has 0 spiro atoms. The topological polar surface area (TPSA) is 96.8 Å². The summed E-state index contributed by atoms with van der Waals surface area (Å²) in [6.07, 6.45) is 10.3. The van der Waals surface area contributed by atoms with E-state index in [1.807, 2.05) is 0 Å². The van der Waals surface area contributed by atoms with Crippen LogP contribution in [0.3, 0.4) is 0 Å². The van der Waals surface area contributed by atoms with Gasteiger partial charge in [-0.3, -0.25) is 18.2 Å². The average molecular weight is 500 g/mol. The van der Waals surface area contributed by atoms with Gasteiger partial charge in [-0.15, -0.1) is 5.06 Å². The van der Waals surface area contributed by atoms with Crippen LogP contribution >= 0.6 is 0 Å². The van der Waals surface area contributed by atoms with Gasteiger partial charge < -0.3 is 14.3 Å². The second-order valence-electron chi connectivity index (χ2n) is 8.23. The number of allylic oxidation sites excluding steroid dienone is 3. The monoisotopic (exact) mass is 500 g/mol. The fourth-order valence-electron chi connectivity index (χ4n) is 3.93. The van der Waals surface area contributed by atoms with Gasteiger partial charge in [-0.2, -0.15) is 0 Å². The molecule has 0 aliphatic carbocycles. The van der Waals surface area contributed by atoms with Gasteiger partial charge in [0.1, 0.15) is 0 Å². The van der Waals surface area contributed by atoms with Crippen molar-refractivity contribution in [2.45, 2.75) is 12.8 Å². The molecule has 5 rings (SSSR count). The molecule has 2 amide bonds. The predicted molar refractivity (Wildman–Crippen MR) is 134 cm³/mol. The van der Waals surface area contributed by atoms with Crippen LogP contribution in [0, 0.1) is 0 Å². The quantitative estimate of drug-likeness (QED) is 0.381. The second kappa shape index (κ2) is 10.1. The van der Waals surface area contributed by atoms with E-state index in [9.17, 15) is 23.0 Å². The van der Waals surface area contributed by atoms with Crippen molar-refractivity contribution in [1.29, 1.82) is 0 Å². The van der Waals surface area contributed by atoms with Gasteiger partial charge in [-0.25, -0.2) is 9.79 Å². The largest absolute Gasteiger partial charge is 0.678 e. The number of nitrogens with zero attached hydrogens (tertiary/aromatic N) is 3. The Bertz CT molecular complexity index is 1470. The summed E-state index contributed by atoms with van der Waals surface area (Å²) in [5.74, 6) is -1.88. The number of halogens is 2. The maximum Gasteiger partial charge on any atom is 0.678 e. The Labute approximate surface area is 210 Å². The number of nitrogens with one attached hydrogen (secondary N) is 1. The van der Waals surface area contributed by atoms with Crippen LogP contribution in [0.1, 0.15) is 34.5 Å². The number of aliphatic imine (C=N–C) groups is 1. The number of carbonyl (C=O) groups is 3. The van der Waals surface area contributed by atoms with E-state index in [-0.39, 0.29) is 18.4 Å². The molecule has 2 aromatic heterocycles. The number of hydrogen-bond acceptors (Lipinski definition) is 5. The second-order valence-corrected chi connectivity index (χ2v) is 8.23. The highest BCUT2D eigenvalue weighted by molar-refractivity contribution is 6.42. The lowest BCUT2D eigenvalue weighted by atomic mass is 10.1. The van der Waals surface area contributed by atoms with E-state index in [4.69, 9.17) is 4.84 Å². The first-order valence-corrected chi connectivity index (χ1v) is 11.4. The van der Waals surface area contributed by atoms with Gasteiger partial charge in [0, 0.05) is 24.7 Å². The van der Waals surface area contributed by atoms with Crippen molar-refractivity contribution in [2.24, 2.45) is 4.99 Å². The van der Waals surface area contributed by atoms with Crippen molar-refractivity contribution >= 4 is 43.0 Å². The lowest BCUT2D eigenvalue weighted by molar-refractivity contribution is -0.172. The van der Waals surface area contributed by atoms with Crippen molar-refractivity contribution in [1.82, 2.24) is 14.5 Å². The van der Waals surface area contributed by atoms with E-state index in [0.29, 0.717) is 33.6 Å². The number of aromatic amines is 1. The third-order valence-electron chi connectivity index (χ3n) is 5.77. The number of imide groups is 1. The van der Waals surface area contributed by atoms with Crippen LogP contribution in [-0.2, 0) is 14.4 Å². The minimum atomic E-state index is -2.72. The van der Waals surface area contributed by atoms with Crippen LogP contribution in [0.25, 0.3) is 23.5 Å². The van der Waals surface area contributed by atoms with Gasteiger partial charge in [0.2, 0.25) is 0 Å². The van der Waals surface area contributed by atoms with Crippen molar-refractivity contribution in [3.63, 3.8) is 0 Å². The number of hydrogen-bond donors (Lipinski definition) is 1. The molecular weight excluding hydrogens is 481 g/mol. The van der Waals surface area contributed by atoms with Crippen molar-refractivity contribution in [3.8, 4) is 11.4 Å². The molecule has 2 aliphatic rings. The van der Waals surface area contributed by atoms with Crippen LogP contribution in [0.15, 0.2) is 83.6 Å². The summed E-state index contributed by atoms with van der Waals surface area (Å²) >= 11 is 0. The summed E-state index contributed by atoms with van der Waals surface area (Å²) in [5.41, 5.74) is 3.41. The first-order valence-electron chi connectivity index (χ1n) is 11.4. The number of carbonyl (C=O) groups excluding carboxylic acids is 3. The molecule has 8 nitrogen and oxygen atoms in total.